The Labute approximate surface area is 107 Å². The number of ether oxygens (including phenoxy) is 1. The highest BCUT2D eigenvalue weighted by molar-refractivity contribution is 8.00. The molecule has 100 valence electrons. The standard InChI is InChI=1S/C11H12F3NO2S/c1-2-17-7-10(16)15-8-3-5-9(6-4-8)18-11(12,13)14/h3-6H,2,7H2,1H3,(H,15,16). The first-order chi connectivity index (χ1) is 8.40. The summed E-state index contributed by atoms with van der Waals surface area (Å²) in [5.41, 5.74) is -3.87. The highest BCUT2D eigenvalue weighted by atomic mass is 32.2. The maximum atomic E-state index is 12.1. The van der Waals surface area contributed by atoms with Gasteiger partial charge in [0, 0.05) is 17.2 Å². The number of alkyl halides is 3. The van der Waals surface area contributed by atoms with E-state index in [-0.39, 0.29) is 29.2 Å². The van der Waals surface area contributed by atoms with Crippen LogP contribution in [0.15, 0.2) is 29.2 Å². The Kier molecular flexibility index (Phi) is 5.49. The number of amides is 1. The number of carbonyl (C=O) groups is 1. The molecule has 1 aromatic carbocycles. The number of thioether (sulfide) groups is 1. The zero-order valence-electron chi connectivity index (χ0n) is 9.58. The zero-order valence-corrected chi connectivity index (χ0v) is 10.4. The number of carbonyl (C=O) groups excluding carboxylic acids is 1. The van der Waals surface area contributed by atoms with Crippen LogP contribution in [0, 0.1) is 0 Å². The van der Waals surface area contributed by atoms with Crippen molar-refractivity contribution >= 4 is 23.4 Å². The summed E-state index contributed by atoms with van der Waals surface area (Å²) in [6.07, 6.45) is 0. The first-order valence-corrected chi connectivity index (χ1v) is 5.96. The number of rotatable bonds is 5. The Morgan fingerprint density at radius 2 is 1.94 bits per heavy atom. The zero-order chi connectivity index (χ0) is 13.6. The van der Waals surface area contributed by atoms with E-state index < -0.39 is 5.51 Å². The molecule has 1 aromatic rings. The van der Waals surface area contributed by atoms with E-state index in [1.807, 2.05) is 0 Å². The van der Waals surface area contributed by atoms with E-state index >= 15 is 0 Å². The lowest BCUT2D eigenvalue weighted by Crippen LogP contribution is -2.18. The molecule has 0 aromatic heterocycles. The lowest BCUT2D eigenvalue weighted by atomic mass is 10.3. The Morgan fingerprint density at radius 1 is 1.33 bits per heavy atom. The minimum atomic E-state index is -4.31. The van der Waals surface area contributed by atoms with Crippen LogP contribution in [0.1, 0.15) is 6.92 Å². The van der Waals surface area contributed by atoms with Gasteiger partial charge in [-0.15, -0.1) is 0 Å². The van der Waals surface area contributed by atoms with Crippen LogP contribution in [0.2, 0.25) is 0 Å². The highest BCUT2D eigenvalue weighted by Crippen LogP contribution is 2.36. The van der Waals surface area contributed by atoms with Crippen LogP contribution >= 0.6 is 11.8 Å². The third-order valence-corrected chi connectivity index (χ3v) is 2.55. The largest absolute Gasteiger partial charge is 0.446 e. The minimum absolute atomic E-state index is 0.0739. The third-order valence-electron chi connectivity index (χ3n) is 1.81. The first-order valence-electron chi connectivity index (χ1n) is 5.14. The molecule has 0 heterocycles. The monoisotopic (exact) mass is 279 g/mol. The SMILES string of the molecule is CCOCC(=O)Nc1ccc(SC(F)(F)F)cc1. The molecule has 0 saturated heterocycles. The van der Waals surface area contributed by atoms with Gasteiger partial charge in [0.05, 0.1) is 0 Å². The summed E-state index contributed by atoms with van der Waals surface area (Å²) in [6, 6.07) is 5.43. The van der Waals surface area contributed by atoms with Crippen molar-refractivity contribution < 1.29 is 22.7 Å². The van der Waals surface area contributed by atoms with E-state index in [9.17, 15) is 18.0 Å². The molecule has 7 heteroatoms. The van der Waals surface area contributed by atoms with E-state index in [4.69, 9.17) is 4.74 Å². The van der Waals surface area contributed by atoms with Gasteiger partial charge >= 0.3 is 5.51 Å². The number of hydrogen-bond donors (Lipinski definition) is 1. The molecule has 0 spiro atoms. The van der Waals surface area contributed by atoms with Crippen LogP contribution in [0.3, 0.4) is 0 Å². The number of halogens is 3. The maximum absolute atomic E-state index is 12.1. The predicted octanol–water partition coefficient (Wildman–Crippen LogP) is 3.27. The predicted molar refractivity (Wildman–Crippen MR) is 63.5 cm³/mol. The second-order valence-electron chi connectivity index (χ2n) is 3.26. The van der Waals surface area contributed by atoms with Crippen molar-refractivity contribution in [1.82, 2.24) is 0 Å². The highest BCUT2D eigenvalue weighted by Gasteiger charge is 2.28. The topological polar surface area (TPSA) is 38.3 Å². The molecule has 1 N–H and O–H groups in total. The lowest BCUT2D eigenvalue weighted by molar-refractivity contribution is -0.120. The molecule has 0 bridgehead atoms. The fourth-order valence-electron chi connectivity index (χ4n) is 1.13. The second-order valence-corrected chi connectivity index (χ2v) is 4.40. The van der Waals surface area contributed by atoms with Gasteiger partial charge in [0.1, 0.15) is 6.61 Å². The molecular weight excluding hydrogens is 267 g/mol. The number of hydrogen-bond acceptors (Lipinski definition) is 3. The molecule has 0 fully saturated rings. The molecular formula is C11H12F3NO2S. The summed E-state index contributed by atoms with van der Waals surface area (Å²) in [4.78, 5) is 11.3. The summed E-state index contributed by atoms with van der Waals surface area (Å²) in [7, 11) is 0. The molecule has 3 nitrogen and oxygen atoms in total. The number of nitrogens with one attached hydrogen (secondary N) is 1. The van der Waals surface area contributed by atoms with Crippen molar-refractivity contribution in [2.45, 2.75) is 17.3 Å². The van der Waals surface area contributed by atoms with Crippen LogP contribution in [-0.4, -0.2) is 24.6 Å². The smallest absolute Gasteiger partial charge is 0.372 e. The number of benzene rings is 1. The molecule has 0 aliphatic heterocycles. The second kappa shape index (κ2) is 6.65. The lowest BCUT2D eigenvalue weighted by Gasteiger charge is -2.08. The number of anilines is 1. The van der Waals surface area contributed by atoms with E-state index in [0.29, 0.717) is 12.3 Å². The molecule has 1 amide bonds. The van der Waals surface area contributed by atoms with Gasteiger partial charge in [-0.05, 0) is 43.0 Å². The fraction of sp³-hybridized carbons (Fsp3) is 0.364. The van der Waals surface area contributed by atoms with E-state index in [1.54, 1.807) is 6.92 Å². The van der Waals surface area contributed by atoms with Crippen molar-refractivity contribution in [2.24, 2.45) is 0 Å². The van der Waals surface area contributed by atoms with E-state index in [1.165, 1.54) is 24.3 Å². The van der Waals surface area contributed by atoms with Gasteiger partial charge in [-0.3, -0.25) is 4.79 Å². The fourth-order valence-corrected chi connectivity index (χ4v) is 1.67. The average molecular weight is 279 g/mol. The summed E-state index contributed by atoms with van der Waals surface area (Å²) in [5.74, 6) is -0.340. The summed E-state index contributed by atoms with van der Waals surface area (Å²) >= 11 is -0.195. The summed E-state index contributed by atoms with van der Waals surface area (Å²) < 4.78 is 41.1. The molecule has 0 aliphatic carbocycles. The first kappa shape index (κ1) is 14.8. The third kappa shape index (κ3) is 5.92. The van der Waals surface area contributed by atoms with Gasteiger partial charge in [-0.2, -0.15) is 13.2 Å². The Morgan fingerprint density at radius 3 is 2.44 bits per heavy atom. The van der Waals surface area contributed by atoms with Gasteiger partial charge in [0.15, 0.2) is 0 Å². The summed E-state index contributed by atoms with van der Waals surface area (Å²) in [6.45, 7) is 2.11. The average Bonchev–Trinajstić information content (AvgIpc) is 2.27. The Balaban J connectivity index is 2.52. The van der Waals surface area contributed by atoms with Crippen molar-refractivity contribution in [3.05, 3.63) is 24.3 Å². The normalized spacial score (nSPS) is 11.3. The quantitative estimate of drug-likeness (QED) is 0.841. The van der Waals surface area contributed by atoms with Crippen LogP contribution in [0.4, 0.5) is 18.9 Å². The van der Waals surface area contributed by atoms with Gasteiger partial charge in [-0.1, -0.05) is 0 Å². The van der Waals surface area contributed by atoms with Crippen LogP contribution in [0.25, 0.3) is 0 Å². The van der Waals surface area contributed by atoms with Gasteiger partial charge < -0.3 is 10.1 Å². The minimum Gasteiger partial charge on any atom is -0.372 e. The van der Waals surface area contributed by atoms with Gasteiger partial charge in [-0.25, -0.2) is 0 Å². The molecule has 1 rings (SSSR count). The molecule has 18 heavy (non-hydrogen) atoms. The molecule has 0 unspecified atom stereocenters. The van der Waals surface area contributed by atoms with Crippen LogP contribution in [-0.2, 0) is 9.53 Å². The maximum Gasteiger partial charge on any atom is 0.446 e. The van der Waals surface area contributed by atoms with Gasteiger partial charge in [0.25, 0.3) is 0 Å². The van der Waals surface area contributed by atoms with Crippen LogP contribution < -0.4 is 5.32 Å². The molecule has 0 radical (unpaired) electrons. The van der Waals surface area contributed by atoms with Crippen molar-refractivity contribution in [3.63, 3.8) is 0 Å². The van der Waals surface area contributed by atoms with Crippen LogP contribution in [0.5, 0.6) is 0 Å². The van der Waals surface area contributed by atoms with Crippen molar-refractivity contribution in [3.8, 4) is 0 Å². The summed E-state index contributed by atoms with van der Waals surface area (Å²) in [5, 5.41) is 2.51. The Hall–Kier alpha value is -1.21. The van der Waals surface area contributed by atoms with E-state index in [2.05, 4.69) is 5.32 Å². The molecule has 0 aliphatic rings. The van der Waals surface area contributed by atoms with Crippen molar-refractivity contribution in [2.75, 3.05) is 18.5 Å². The van der Waals surface area contributed by atoms with E-state index in [0.717, 1.165) is 0 Å². The van der Waals surface area contributed by atoms with Gasteiger partial charge in [0.2, 0.25) is 5.91 Å². The molecule has 0 atom stereocenters. The molecule has 0 saturated carbocycles. The Bertz CT molecular complexity index is 392. The van der Waals surface area contributed by atoms with Crippen molar-refractivity contribution in [1.29, 1.82) is 0 Å².